The molecule has 0 aromatic carbocycles. The van der Waals surface area contributed by atoms with E-state index in [0.717, 1.165) is 5.57 Å². The van der Waals surface area contributed by atoms with Crippen molar-refractivity contribution < 1.29 is 18.3 Å². The van der Waals surface area contributed by atoms with Gasteiger partial charge in [-0.15, -0.1) is 0 Å². The monoisotopic (exact) mass is 448 g/mol. The quantitative estimate of drug-likeness (QED) is 0.423. The molecule has 0 bridgehead atoms. The van der Waals surface area contributed by atoms with Gasteiger partial charge in [-0.25, -0.2) is 23.7 Å². The van der Waals surface area contributed by atoms with E-state index in [1.165, 1.54) is 12.3 Å². The first-order valence-electron chi connectivity index (χ1n) is 10.6. The number of nitrogens with zero attached hydrogens (tertiary/aromatic N) is 5. The third kappa shape index (κ3) is 5.89. The molecule has 0 radical (unpaired) electrons. The van der Waals surface area contributed by atoms with Crippen molar-refractivity contribution >= 4 is 17.5 Å². The van der Waals surface area contributed by atoms with E-state index in [2.05, 4.69) is 11.6 Å². The number of aliphatic imine (C=N–C) groups is 2. The molecule has 2 aliphatic rings. The fraction of sp³-hybridized carbons (Fsp3) is 0.500. The highest BCUT2D eigenvalue weighted by Crippen LogP contribution is 2.26. The standard InChI is InChI=1S/C22H30F2N6O2/c1-4-15(2)22(30-7-11-32-12-8-30)28-21(27-16(3)29-5-9-31-10-6-29)18-14-26-19(25)13-17(18)20(23)24/h4,13-14,20H,1,5-12H2,2-3H3,(H2,25,26)/b22-15-,27-16?,28-21?. The van der Waals surface area contributed by atoms with Crippen LogP contribution in [0.5, 0.6) is 0 Å². The van der Waals surface area contributed by atoms with Gasteiger partial charge in [0.2, 0.25) is 0 Å². The number of nitrogen functional groups attached to an aromatic ring is 1. The maximum Gasteiger partial charge on any atom is 0.264 e. The largest absolute Gasteiger partial charge is 0.384 e. The number of ether oxygens (including phenoxy) is 2. The lowest BCUT2D eigenvalue weighted by atomic mass is 10.1. The Hall–Kier alpha value is -2.85. The van der Waals surface area contributed by atoms with Gasteiger partial charge >= 0.3 is 0 Å². The van der Waals surface area contributed by atoms with Crippen molar-refractivity contribution in [3.8, 4) is 0 Å². The fourth-order valence-electron chi connectivity index (χ4n) is 3.49. The summed E-state index contributed by atoms with van der Waals surface area (Å²) in [5.74, 6) is 1.46. The van der Waals surface area contributed by atoms with Gasteiger partial charge in [0.05, 0.1) is 26.4 Å². The Balaban J connectivity index is 2.14. The molecule has 2 saturated heterocycles. The molecule has 1 aromatic rings. The summed E-state index contributed by atoms with van der Waals surface area (Å²) in [7, 11) is 0. The molecule has 0 atom stereocenters. The zero-order valence-corrected chi connectivity index (χ0v) is 18.6. The molecule has 2 fully saturated rings. The van der Waals surface area contributed by atoms with Crippen molar-refractivity contribution in [3.63, 3.8) is 0 Å². The minimum Gasteiger partial charge on any atom is -0.384 e. The Morgan fingerprint density at radius 2 is 1.69 bits per heavy atom. The molecule has 3 heterocycles. The van der Waals surface area contributed by atoms with Gasteiger partial charge in [-0.1, -0.05) is 12.7 Å². The van der Waals surface area contributed by atoms with E-state index in [1.807, 2.05) is 23.6 Å². The van der Waals surface area contributed by atoms with Gasteiger partial charge in [0, 0.05) is 43.5 Å². The van der Waals surface area contributed by atoms with E-state index < -0.39 is 6.43 Å². The number of amidine groups is 2. The van der Waals surface area contributed by atoms with Gasteiger partial charge in [0.15, 0.2) is 5.84 Å². The molecule has 0 saturated carbocycles. The number of rotatable bonds is 5. The van der Waals surface area contributed by atoms with E-state index >= 15 is 0 Å². The molecule has 2 aliphatic heterocycles. The number of halogens is 2. The Kier molecular flexibility index (Phi) is 8.29. The average Bonchev–Trinajstić information content (AvgIpc) is 2.82. The molecule has 1 aromatic heterocycles. The predicted molar refractivity (Wildman–Crippen MR) is 121 cm³/mol. The number of pyridine rings is 1. The Bertz CT molecular complexity index is 904. The highest BCUT2D eigenvalue weighted by molar-refractivity contribution is 6.07. The van der Waals surface area contributed by atoms with E-state index in [1.54, 1.807) is 6.08 Å². The summed E-state index contributed by atoms with van der Waals surface area (Å²) < 4.78 is 38.7. The third-order valence-corrected chi connectivity index (χ3v) is 5.35. The number of hydrogen-bond donors (Lipinski definition) is 1. The second-order valence-corrected chi connectivity index (χ2v) is 7.50. The highest BCUT2D eigenvalue weighted by Gasteiger charge is 2.22. The first-order chi connectivity index (χ1) is 15.4. The number of morpholine rings is 2. The van der Waals surface area contributed by atoms with Crippen LogP contribution < -0.4 is 5.73 Å². The molecule has 174 valence electrons. The average molecular weight is 449 g/mol. The second kappa shape index (κ2) is 11.1. The number of nitrogens with two attached hydrogens (primary N) is 1. The van der Waals surface area contributed by atoms with Crippen LogP contribution in [0.25, 0.3) is 0 Å². The van der Waals surface area contributed by atoms with Crippen LogP contribution in [0.4, 0.5) is 14.6 Å². The van der Waals surface area contributed by atoms with E-state index in [-0.39, 0.29) is 22.8 Å². The molecular weight excluding hydrogens is 418 g/mol. The number of hydrogen-bond acceptors (Lipinski definition) is 6. The van der Waals surface area contributed by atoms with Crippen LogP contribution in [0, 0.1) is 0 Å². The molecule has 0 aliphatic carbocycles. The van der Waals surface area contributed by atoms with E-state index in [4.69, 9.17) is 25.2 Å². The van der Waals surface area contributed by atoms with Crippen LogP contribution >= 0.6 is 0 Å². The van der Waals surface area contributed by atoms with Crippen molar-refractivity contribution in [1.29, 1.82) is 0 Å². The number of aromatic nitrogens is 1. The molecule has 10 heteroatoms. The van der Waals surface area contributed by atoms with Crippen molar-refractivity contribution in [2.45, 2.75) is 20.3 Å². The van der Waals surface area contributed by atoms with Crippen LogP contribution in [-0.2, 0) is 9.47 Å². The molecule has 0 amide bonds. The molecular formula is C22H30F2N6O2. The summed E-state index contributed by atoms with van der Waals surface area (Å²) in [4.78, 5) is 17.6. The van der Waals surface area contributed by atoms with Crippen LogP contribution in [0.2, 0.25) is 0 Å². The molecule has 0 spiro atoms. The van der Waals surface area contributed by atoms with Crippen LogP contribution in [-0.4, -0.2) is 79.1 Å². The van der Waals surface area contributed by atoms with Gasteiger partial charge in [-0.2, -0.15) is 0 Å². The van der Waals surface area contributed by atoms with Crippen molar-refractivity contribution in [1.82, 2.24) is 14.8 Å². The van der Waals surface area contributed by atoms with E-state index in [9.17, 15) is 8.78 Å². The van der Waals surface area contributed by atoms with Crippen molar-refractivity contribution in [3.05, 3.63) is 47.4 Å². The maximum absolute atomic E-state index is 13.9. The number of anilines is 1. The zero-order chi connectivity index (χ0) is 23.1. The summed E-state index contributed by atoms with van der Waals surface area (Å²) >= 11 is 0. The Morgan fingerprint density at radius 3 is 2.25 bits per heavy atom. The zero-order valence-electron chi connectivity index (χ0n) is 18.6. The summed E-state index contributed by atoms with van der Waals surface area (Å²) in [5, 5.41) is 0. The lowest BCUT2D eigenvalue weighted by Crippen LogP contribution is -2.40. The topological polar surface area (TPSA) is 88.6 Å². The first-order valence-corrected chi connectivity index (χ1v) is 10.6. The predicted octanol–water partition coefficient (Wildman–Crippen LogP) is 2.85. The van der Waals surface area contributed by atoms with Gasteiger partial charge in [0.1, 0.15) is 17.5 Å². The van der Waals surface area contributed by atoms with Crippen LogP contribution in [0.3, 0.4) is 0 Å². The van der Waals surface area contributed by atoms with Crippen molar-refractivity contribution in [2.75, 3.05) is 58.3 Å². The number of allylic oxidation sites excluding steroid dienone is 2. The Labute approximate surface area is 187 Å². The van der Waals surface area contributed by atoms with Gasteiger partial charge in [-0.05, 0) is 25.5 Å². The number of alkyl halides is 2. The lowest BCUT2D eigenvalue weighted by molar-refractivity contribution is 0.0528. The molecule has 0 unspecified atom stereocenters. The van der Waals surface area contributed by atoms with Crippen LogP contribution in [0.15, 0.2) is 46.3 Å². The minimum atomic E-state index is -2.75. The summed E-state index contributed by atoms with van der Waals surface area (Å²) in [6.07, 6.45) is 0.252. The molecule has 3 rings (SSSR count). The fourth-order valence-corrected chi connectivity index (χ4v) is 3.49. The molecule has 2 N–H and O–H groups in total. The lowest BCUT2D eigenvalue weighted by Gasteiger charge is -2.30. The molecule has 32 heavy (non-hydrogen) atoms. The van der Waals surface area contributed by atoms with Gasteiger partial charge in [-0.3, -0.25) is 0 Å². The van der Waals surface area contributed by atoms with Gasteiger partial charge in [0.25, 0.3) is 6.43 Å². The SMILES string of the molecule is C=C/C(C)=C(/N=C(N=C(C)N1CCOCC1)c1cnc(N)cc1C(F)F)N1CCOCC1. The first kappa shape index (κ1) is 23.8. The maximum atomic E-state index is 13.9. The third-order valence-electron chi connectivity index (χ3n) is 5.35. The highest BCUT2D eigenvalue weighted by atomic mass is 19.3. The Morgan fingerprint density at radius 1 is 1.09 bits per heavy atom. The summed E-state index contributed by atoms with van der Waals surface area (Å²) in [6, 6.07) is 1.17. The molecule has 8 nitrogen and oxygen atoms in total. The minimum absolute atomic E-state index is 0.0171. The van der Waals surface area contributed by atoms with Gasteiger partial charge < -0.3 is 25.0 Å². The smallest absolute Gasteiger partial charge is 0.264 e. The summed E-state index contributed by atoms with van der Waals surface area (Å²) in [5.41, 5.74) is 6.38. The van der Waals surface area contributed by atoms with Crippen LogP contribution in [0.1, 0.15) is 31.4 Å². The normalized spacial score (nSPS) is 19.3. The van der Waals surface area contributed by atoms with Crippen molar-refractivity contribution in [2.24, 2.45) is 9.98 Å². The summed E-state index contributed by atoms with van der Waals surface area (Å²) in [6.45, 7) is 12.5. The van der Waals surface area contributed by atoms with E-state index in [0.29, 0.717) is 64.3 Å². The second-order valence-electron chi connectivity index (χ2n) is 7.50.